The number of carbonyl (C=O) groups excluding carboxylic acids is 2. The van der Waals surface area contributed by atoms with E-state index in [1.165, 1.54) is 17.3 Å². The highest BCUT2D eigenvalue weighted by Gasteiger charge is 2.12. The van der Waals surface area contributed by atoms with Crippen molar-refractivity contribution in [1.29, 1.82) is 0 Å². The van der Waals surface area contributed by atoms with Crippen molar-refractivity contribution < 1.29 is 14.1 Å². The van der Waals surface area contributed by atoms with Crippen molar-refractivity contribution in [2.45, 2.75) is 39.7 Å². The van der Waals surface area contributed by atoms with Crippen molar-refractivity contribution in [1.82, 2.24) is 10.5 Å². The third-order valence-corrected chi connectivity index (χ3v) is 4.78. The molecule has 2 aromatic rings. The van der Waals surface area contributed by atoms with E-state index in [4.69, 9.17) is 4.52 Å². The number of anilines is 1. The van der Waals surface area contributed by atoms with Crippen molar-refractivity contribution >= 4 is 29.4 Å². The zero-order valence-electron chi connectivity index (χ0n) is 15.5. The molecule has 0 radical (unpaired) electrons. The SMILES string of the molecule is Cc1cc(NC(=O)CSCC(=O)N[C@@H](C)c2ccc(C(C)C)cc2)no1. The number of amides is 2. The number of thioether (sulfide) groups is 1. The molecular weight excluding hydrogens is 350 g/mol. The predicted octanol–water partition coefficient (Wildman–Crippen LogP) is 3.66. The second-order valence-electron chi connectivity index (χ2n) is 6.47. The average molecular weight is 375 g/mol. The standard InChI is InChI=1S/C19H25N3O3S/c1-12(2)15-5-7-16(8-6-15)14(4)20-18(23)10-26-11-19(24)21-17-9-13(3)25-22-17/h5-9,12,14H,10-11H2,1-4H3,(H,20,23)(H,21,22,24)/t14-/m0/s1. The minimum Gasteiger partial charge on any atom is -0.360 e. The van der Waals surface area contributed by atoms with E-state index in [1.54, 1.807) is 13.0 Å². The van der Waals surface area contributed by atoms with Crippen LogP contribution in [0.1, 0.15) is 49.6 Å². The van der Waals surface area contributed by atoms with E-state index >= 15 is 0 Å². The third-order valence-electron chi connectivity index (χ3n) is 3.84. The fourth-order valence-electron chi connectivity index (χ4n) is 2.38. The summed E-state index contributed by atoms with van der Waals surface area (Å²) in [6.45, 7) is 8.00. The Morgan fingerprint density at radius 2 is 1.69 bits per heavy atom. The quantitative estimate of drug-likeness (QED) is 0.736. The lowest BCUT2D eigenvalue weighted by molar-refractivity contribution is -0.119. The largest absolute Gasteiger partial charge is 0.360 e. The molecule has 1 atom stereocenters. The fourth-order valence-corrected chi connectivity index (χ4v) is 3.01. The zero-order valence-corrected chi connectivity index (χ0v) is 16.4. The van der Waals surface area contributed by atoms with E-state index in [1.807, 2.05) is 19.1 Å². The summed E-state index contributed by atoms with van der Waals surface area (Å²) in [6.07, 6.45) is 0. The van der Waals surface area contributed by atoms with Crippen LogP contribution in [0, 0.1) is 6.92 Å². The number of aryl methyl sites for hydroxylation is 1. The van der Waals surface area contributed by atoms with Crippen molar-refractivity contribution in [2.75, 3.05) is 16.8 Å². The first-order valence-electron chi connectivity index (χ1n) is 8.55. The molecule has 1 heterocycles. The Kier molecular flexibility index (Phi) is 7.26. The average Bonchev–Trinajstić information content (AvgIpc) is 2.99. The summed E-state index contributed by atoms with van der Waals surface area (Å²) in [7, 11) is 0. The molecule has 0 aliphatic carbocycles. The van der Waals surface area contributed by atoms with Gasteiger partial charge in [0.2, 0.25) is 11.8 Å². The molecule has 0 aliphatic rings. The van der Waals surface area contributed by atoms with Gasteiger partial charge in [-0.3, -0.25) is 9.59 Å². The van der Waals surface area contributed by atoms with Crippen LogP contribution in [-0.2, 0) is 9.59 Å². The number of hydrogen-bond donors (Lipinski definition) is 2. The lowest BCUT2D eigenvalue weighted by Gasteiger charge is -2.15. The van der Waals surface area contributed by atoms with Gasteiger partial charge in [-0.05, 0) is 30.9 Å². The molecule has 0 unspecified atom stereocenters. The number of nitrogens with one attached hydrogen (secondary N) is 2. The summed E-state index contributed by atoms with van der Waals surface area (Å²) in [5.41, 5.74) is 2.34. The molecule has 140 valence electrons. The second-order valence-corrected chi connectivity index (χ2v) is 7.46. The van der Waals surface area contributed by atoms with Crippen LogP contribution < -0.4 is 10.6 Å². The van der Waals surface area contributed by atoms with Crippen LogP contribution in [0.5, 0.6) is 0 Å². The maximum atomic E-state index is 12.1. The summed E-state index contributed by atoms with van der Waals surface area (Å²) in [5, 5.41) is 9.27. The first kappa shape index (κ1) is 20.0. The highest BCUT2D eigenvalue weighted by atomic mass is 32.2. The smallest absolute Gasteiger partial charge is 0.235 e. The monoisotopic (exact) mass is 375 g/mol. The summed E-state index contributed by atoms with van der Waals surface area (Å²) in [4.78, 5) is 23.8. The summed E-state index contributed by atoms with van der Waals surface area (Å²) < 4.78 is 4.88. The van der Waals surface area contributed by atoms with Gasteiger partial charge < -0.3 is 15.2 Å². The molecule has 2 amide bonds. The molecule has 0 fully saturated rings. The number of aromatic nitrogens is 1. The van der Waals surface area contributed by atoms with E-state index in [9.17, 15) is 9.59 Å². The van der Waals surface area contributed by atoms with Gasteiger partial charge in [0.05, 0.1) is 17.5 Å². The van der Waals surface area contributed by atoms with Crippen LogP contribution in [0.15, 0.2) is 34.9 Å². The highest BCUT2D eigenvalue weighted by Crippen LogP contribution is 2.18. The molecule has 0 saturated heterocycles. The van der Waals surface area contributed by atoms with Crippen LogP contribution >= 0.6 is 11.8 Å². The Labute approximate surface area is 158 Å². The van der Waals surface area contributed by atoms with Gasteiger partial charge >= 0.3 is 0 Å². The van der Waals surface area contributed by atoms with E-state index in [0.29, 0.717) is 17.5 Å². The molecule has 2 rings (SSSR count). The van der Waals surface area contributed by atoms with E-state index in [2.05, 4.69) is 41.8 Å². The lowest BCUT2D eigenvalue weighted by Crippen LogP contribution is -2.28. The minimum atomic E-state index is -0.214. The van der Waals surface area contributed by atoms with Crippen molar-refractivity contribution in [3.05, 3.63) is 47.2 Å². The van der Waals surface area contributed by atoms with Crippen molar-refractivity contribution in [3.8, 4) is 0 Å². The predicted molar refractivity (Wildman–Crippen MR) is 104 cm³/mol. The van der Waals surface area contributed by atoms with Gasteiger partial charge in [-0.15, -0.1) is 11.8 Å². The molecular formula is C19H25N3O3S. The maximum absolute atomic E-state index is 12.1. The molecule has 1 aromatic heterocycles. The minimum absolute atomic E-state index is 0.0729. The molecule has 0 saturated carbocycles. The maximum Gasteiger partial charge on any atom is 0.235 e. The molecule has 1 aromatic carbocycles. The lowest BCUT2D eigenvalue weighted by atomic mass is 10.00. The number of benzene rings is 1. The Bertz CT molecular complexity index is 741. The number of hydrogen-bond acceptors (Lipinski definition) is 5. The highest BCUT2D eigenvalue weighted by molar-refractivity contribution is 8.00. The van der Waals surface area contributed by atoms with Crippen molar-refractivity contribution in [3.63, 3.8) is 0 Å². The van der Waals surface area contributed by atoms with Gasteiger partial charge in [0.25, 0.3) is 0 Å². The van der Waals surface area contributed by atoms with Gasteiger partial charge in [-0.1, -0.05) is 43.3 Å². The zero-order chi connectivity index (χ0) is 19.1. The summed E-state index contributed by atoms with van der Waals surface area (Å²) in [6, 6.07) is 9.83. The van der Waals surface area contributed by atoms with Gasteiger partial charge in [-0.2, -0.15) is 0 Å². The first-order valence-corrected chi connectivity index (χ1v) is 9.70. The van der Waals surface area contributed by atoms with Gasteiger partial charge in [-0.25, -0.2) is 0 Å². The Hall–Kier alpha value is -2.28. The van der Waals surface area contributed by atoms with Crippen LogP contribution in [0.2, 0.25) is 0 Å². The summed E-state index contributed by atoms with van der Waals surface area (Å²) >= 11 is 1.26. The Morgan fingerprint density at radius 1 is 1.08 bits per heavy atom. The Balaban J connectivity index is 1.71. The first-order chi connectivity index (χ1) is 12.3. The molecule has 0 aliphatic heterocycles. The molecule has 0 bridgehead atoms. The normalized spacial score (nSPS) is 12.0. The van der Waals surface area contributed by atoms with E-state index < -0.39 is 0 Å². The fraction of sp³-hybridized carbons (Fsp3) is 0.421. The Morgan fingerprint density at radius 3 is 2.27 bits per heavy atom. The van der Waals surface area contributed by atoms with Crippen LogP contribution in [0.3, 0.4) is 0 Å². The molecule has 6 nitrogen and oxygen atoms in total. The van der Waals surface area contributed by atoms with Crippen LogP contribution in [-0.4, -0.2) is 28.5 Å². The van der Waals surface area contributed by atoms with Crippen LogP contribution in [0.4, 0.5) is 5.82 Å². The third kappa shape index (κ3) is 6.22. The number of nitrogens with zero attached hydrogens (tertiary/aromatic N) is 1. The van der Waals surface area contributed by atoms with Crippen LogP contribution in [0.25, 0.3) is 0 Å². The molecule has 26 heavy (non-hydrogen) atoms. The van der Waals surface area contributed by atoms with E-state index in [-0.39, 0.29) is 29.4 Å². The summed E-state index contributed by atoms with van der Waals surface area (Å²) in [5.74, 6) is 1.58. The molecule has 7 heteroatoms. The second kappa shape index (κ2) is 9.43. The topological polar surface area (TPSA) is 84.2 Å². The van der Waals surface area contributed by atoms with Gasteiger partial charge in [0.15, 0.2) is 5.82 Å². The molecule has 0 spiro atoms. The number of carbonyl (C=O) groups is 2. The number of rotatable bonds is 8. The van der Waals surface area contributed by atoms with Gasteiger partial charge in [0.1, 0.15) is 5.76 Å². The van der Waals surface area contributed by atoms with Crippen molar-refractivity contribution in [2.24, 2.45) is 0 Å². The molecule has 2 N–H and O–H groups in total. The van der Waals surface area contributed by atoms with E-state index in [0.717, 1.165) is 5.56 Å². The van der Waals surface area contributed by atoms with Gasteiger partial charge in [0, 0.05) is 6.07 Å².